The van der Waals surface area contributed by atoms with E-state index in [2.05, 4.69) is 54.5 Å². The summed E-state index contributed by atoms with van der Waals surface area (Å²) >= 11 is 0. The molecule has 0 aliphatic heterocycles. The number of hydrogen-bond donors (Lipinski definition) is 2. The van der Waals surface area contributed by atoms with Crippen molar-refractivity contribution in [1.82, 2.24) is 0 Å². The van der Waals surface area contributed by atoms with Crippen molar-refractivity contribution >= 4 is 5.97 Å². The van der Waals surface area contributed by atoms with Crippen molar-refractivity contribution in [2.45, 2.75) is 112 Å². The maximum Gasteiger partial charge on any atom is 0.312 e. The van der Waals surface area contributed by atoms with Crippen molar-refractivity contribution in [2.75, 3.05) is 7.11 Å². The minimum absolute atomic E-state index is 0.0114. The van der Waals surface area contributed by atoms with Gasteiger partial charge in [-0.3, -0.25) is 4.79 Å². The van der Waals surface area contributed by atoms with E-state index in [0.29, 0.717) is 30.1 Å². The molecule has 11 atom stereocenters. The van der Waals surface area contributed by atoms with E-state index >= 15 is 0 Å². The van der Waals surface area contributed by atoms with Crippen LogP contribution in [0.15, 0.2) is 11.6 Å². The summed E-state index contributed by atoms with van der Waals surface area (Å²) in [6.45, 7) is 16.6. The second-order valence-electron chi connectivity index (χ2n) is 14.8. The zero-order valence-electron chi connectivity index (χ0n) is 23.5. The summed E-state index contributed by atoms with van der Waals surface area (Å²) in [7, 11) is 1.57. The molecule has 0 heterocycles. The van der Waals surface area contributed by atoms with E-state index in [1.165, 1.54) is 0 Å². The fourth-order valence-corrected chi connectivity index (χ4v) is 11.2. The molecule has 0 aromatic carbocycles. The summed E-state index contributed by atoms with van der Waals surface area (Å²) in [6.07, 6.45) is 9.19. The van der Waals surface area contributed by atoms with Crippen molar-refractivity contribution in [3.63, 3.8) is 0 Å². The van der Waals surface area contributed by atoms with Gasteiger partial charge in [0, 0.05) is 0 Å². The topological polar surface area (TPSA) is 66.8 Å². The summed E-state index contributed by atoms with van der Waals surface area (Å²) in [5.41, 5.74) is 1.03. The number of hydrogen-bond acceptors (Lipinski definition) is 4. The molecule has 0 bridgehead atoms. The summed E-state index contributed by atoms with van der Waals surface area (Å²) in [5, 5.41) is 22.0. The molecular weight excluding hydrogens is 436 g/mol. The number of allylic oxidation sites excluding steroid dienone is 2. The second kappa shape index (κ2) is 7.82. The van der Waals surface area contributed by atoms with E-state index in [-0.39, 0.29) is 39.0 Å². The average Bonchev–Trinajstić information content (AvgIpc) is 2.79. The first kappa shape index (κ1) is 25.8. The van der Waals surface area contributed by atoms with Gasteiger partial charge in [-0.1, -0.05) is 60.1 Å². The van der Waals surface area contributed by atoms with E-state index in [4.69, 9.17) is 4.74 Å². The molecule has 35 heavy (non-hydrogen) atoms. The van der Waals surface area contributed by atoms with Gasteiger partial charge in [0.2, 0.25) is 0 Å². The Bertz CT molecular complexity index is 923. The lowest BCUT2D eigenvalue weighted by molar-refractivity contribution is -0.232. The lowest BCUT2D eigenvalue weighted by Gasteiger charge is -2.71. The molecule has 2 N–H and O–H groups in total. The van der Waals surface area contributed by atoms with Crippen LogP contribution in [-0.2, 0) is 9.53 Å². The Hall–Kier alpha value is -0.870. The van der Waals surface area contributed by atoms with Gasteiger partial charge >= 0.3 is 5.97 Å². The number of fused-ring (bicyclic) bond motifs is 7. The maximum atomic E-state index is 13.4. The summed E-state index contributed by atoms with van der Waals surface area (Å²) < 4.78 is 5.49. The molecule has 2 unspecified atom stereocenters. The molecule has 4 nitrogen and oxygen atoms in total. The molecular formula is C31H50O4. The summed E-state index contributed by atoms with van der Waals surface area (Å²) in [4.78, 5) is 13.4. The van der Waals surface area contributed by atoms with Gasteiger partial charge in [0.15, 0.2) is 0 Å². The smallest absolute Gasteiger partial charge is 0.312 e. The number of carbonyl (C=O) groups is 1. The number of aliphatic hydroxyl groups excluding tert-OH is 2. The fourth-order valence-electron chi connectivity index (χ4n) is 11.2. The fraction of sp³-hybridized carbons (Fsp3) is 0.903. The molecule has 0 saturated heterocycles. The Labute approximate surface area is 213 Å². The number of aliphatic hydroxyl groups is 2. The Morgan fingerprint density at radius 2 is 1.66 bits per heavy atom. The summed E-state index contributed by atoms with van der Waals surface area (Å²) in [6, 6.07) is 0. The van der Waals surface area contributed by atoms with Gasteiger partial charge in [-0.05, 0) is 103 Å². The van der Waals surface area contributed by atoms with E-state index in [9.17, 15) is 15.0 Å². The molecule has 5 aliphatic carbocycles. The molecule has 0 aromatic rings. The van der Waals surface area contributed by atoms with Crippen molar-refractivity contribution in [3.05, 3.63) is 11.6 Å². The third-order valence-electron chi connectivity index (χ3n) is 13.5. The van der Waals surface area contributed by atoms with Crippen LogP contribution in [0.2, 0.25) is 0 Å². The van der Waals surface area contributed by atoms with Crippen LogP contribution >= 0.6 is 0 Å². The van der Waals surface area contributed by atoms with E-state index < -0.39 is 12.2 Å². The molecule has 4 fully saturated rings. The van der Waals surface area contributed by atoms with Gasteiger partial charge in [-0.15, -0.1) is 0 Å². The molecule has 0 aromatic heterocycles. The van der Waals surface area contributed by atoms with Crippen LogP contribution in [0, 0.1) is 56.7 Å². The van der Waals surface area contributed by atoms with Gasteiger partial charge < -0.3 is 14.9 Å². The Kier molecular flexibility index (Phi) is 5.76. The van der Waals surface area contributed by atoms with Crippen LogP contribution in [0.25, 0.3) is 0 Å². The van der Waals surface area contributed by atoms with Crippen LogP contribution in [-0.4, -0.2) is 35.5 Å². The summed E-state index contributed by atoms with van der Waals surface area (Å²) in [5.74, 6) is 2.21. The van der Waals surface area contributed by atoms with Gasteiger partial charge in [0.05, 0.1) is 24.7 Å². The maximum absolute atomic E-state index is 13.4. The van der Waals surface area contributed by atoms with Crippen LogP contribution in [0.1, 0.15) is 99.8 Å². The highest BCUT2D eigenvalue weighted by Crippen LogP contribution is 2.75. The first-order valence-corrected chi connectivity index (χ1v) is 14.4. The molecule has 0 spiro atoms. The lowest BCUT2D eigenvalue weighted by Crippen LogP contribution is -2.67. The van der Waals surface area contributed by atoms with E-state index in [1.807, 2.05) is 0 Å². The van der Waals surface area contributed by atoms with Gasteiger partial charge in [-0.25, -0.2) is 0 Å². The van der Waals surface area contributed by atoms with Crippen LogP contribution in [0.5, 0.6) is 0 Å². The van der Waals surface area contributed by atoms with Crippen LogP contribution < -0.4 is 0 Å². The van der Waals surface area contributed by atoms with E-state index in [1.54, 1.807) is 12.7 Å². The molecule has 5 aliphatic rings. The number of methoxy groups -OCH3 is 1. The molecule has 198 valence electrons. The third kappa shape index (κ3) is 3.02. The monoisotopic (exact) mass is 486 g/mol. The molecule has 0 radical (unpaired) electrons. The third-order valence-corrected chi connectivity index (χ3v) is 13.5. The number of carbonyl (C=O) groups excluding carboxylic acids is 1. The normalized spacial score (nSPS) is 54.9. The van der Waals surface area contributed by atoms with Gasteiger partial charge in [0.1, 0.15) is 0 Å². The molecule has 0 amide bonds. The van der Waals surface area contributed by atoms with Crippen LogP contribution in [0.3, 0.4) is 0 Å². The van der Waals surface area contributed by atoms with Crippen molar-refractivity contribution in [3.8, 4) is 0 Å². The highest BCUT2D eigenvalue weighted by atomic mass is 16.5. The van der Waals surface area contributed by atoms with Crippen molar-refractivity contribution in [1.29, 1.82) is 0 Å². The number of rotatable bonds is 1. The number of esters is 1. The molecule has 4 heteroatoms. The largest absolute Gasteiger partial charge is 0.469 e. The first-order valence-electron chi connectivity index (χ1n) is 14.4. The van der Waals surface area contributed by atoms with Crippen molar-refractivity contribution in [2.24, 2.45) is 56.7 Å². The molecule has 4 saturated carbocycles. The predicted octanol–water partition coefficient (Wildman–Crippen LogP) is 6.15. The van der Waals surface area contributed by atoms with Crippen LogP contribution in [0.4, 0.5) is 0 Å². The van der Waals surface area contributed by atoms with Crippen molar-refractivity contribution < 1.29 is 19.7 Å². The predicted molar refractivity (Wildman–Crippen MR) is 138 cm³/mol. The highest BCUT2D eigenvalue weighted by Gasteiger charge is 2.70. The highest BCUT2D eigenvalue weighted by molar-refractivity contribution is 5.78. The van der Waals surface area contributed by atoms with Gasteiger partial charge in [0.25, 0.3) is 0 Å². The Balaban J connectivity index is 1.62. The standard InChI is InChI=1S/C31H50O4/c1-18-11-14-31(26(34)35-8)16-15-29(6)20(24(31)19(18)2)9-10-23-28(5)17-21(32)25(33)27(3,4)22(28)12-13-30(23,29)7/h9,18-19,21-25,32-33H,10-17H2,1-8H3/t18-,19+,21?,22+,23-,24+,25?,28+,29-,30-,31+/m1/s1. The zero-order chi connectivity index (χ0) is 25.8. The van der Waals surface area contributed by atoms with Gasteiger partial charge in [-0.2, -0.15) is 0 Å². The quantitative estimate of drug-likeness (QED) is 0.345. The zero-order valence-corrected chi connectivity index (χ0v) is 23.5. The Morgan fingerprint density at radius 1 is 0.971 bits per heavy atom. The Morgan fingerprint density at radius 3 is 2.31 bits per heavy atom. The minimum atomic E-state index is -0.663. The second-order valence-corrected chi connectivity index (χ2v) is 14.8. The lowest BCUT2D eigenvalue weighted by atomic mass is 9.33. The van der Waals surface area contributed by atoms with E-state index in [0.717, 1.165) is 44.9 Å². The minimum Gasteiger partial charge on any atom is -0.469 e. The average molecular weight is 487 g/mol. The molecule has 5 rings (SSSR count). The SMILES string of the molecule is COC(=O)[C@]12CC[C@@H](C)[C@H](C)[C@H]1C1=CC[C@@H]3[C@@]4(C)CC(O)C(O)C(C)(C)[C@@H]4CC[C@@]3(C)[C@]1(C)CC2. The number of ether oxygens (including phenoxy) is 1. The first-order chi connectivity index (χ1) is 16.2.